The van der Waals surface area contributed by atoms with Crippen LogP contribution in [-0.2, 0) is 9.47 Å². The lowest BCUT2D eigenvalue weighted by Gasteiger charge is -2.08. The van der Waals surface area contributed by atoms with Gasteiger partial charge in [-0.1, -0.05) is 0 Å². The minimum Gasteiger partial charge on any atom is -0.465 e. The minimum absolute atomic E-state index is 0.149. The predicted molar refractivity (Wildman–Crippen MR) is 74.4 cm³/mol. The number of thiophene rings is 1. The minimum atomic E-state index is -0.537. The number of carbonyl (C=O) groups excluding carboxylic acids is 1. The summed E-state index contributed by atoms with van der Waals surface area (Å²) in [7, 11) is 1.27. The van der Waals surface area contributed by atoms with Gasteiger partial charge >= 0.3 is 5.97 Å². The Bertz CT molecular complexity index is 491. The normalized spacial score (nSPS) is 10.3. The van der Waals surface area contributed by atoms with Gasteiger partial charge in [0, 0.05) is 6.54 Å². The highest BCUT2D eigenvalue weighted by Crippen LogP contribution is 2.35. The van der Waals surface area contributed by atoms with Gasteiger partial charge in [0.1, 0.15) is 21.5 Å². The van der Waals surface area contributed by atoms with Gasteiger partial charge in [0.15, 0.2) is 0 Å². The Morgan fingerprint density at radius 1 is 1.58 bits per heavy atom. The number of nitrogen functional groups attached to an aromatic ring is 1. The first-order valence-electron chi connectivity index (χ1n) is 5.77. The molecule has 0 fully saturated rings. The van der Waals surface area contributed by atoms with Crippen molar-refractivity contribution in [2.24, 2.45) is 0 Å². The van der Waals surface area contributed by atoms with Gasteiger partial charge in [-0.2, -0.15) is 5.26 Å². The molecule has 0 atom stereocenters. The molecule has 104 valence electrons. The fourth-order valence-corrected chi connectivity index (χ4v) is 2.40. The van der Waals surface area contributed by atoms with Gasteiger partial charge in [-0.15, -0.1) is 11.3 Å². The van der Waals surface area contributed by atoms with Gasteiger partial charge in [0.05, 0.1) is 25.5 Å². The van der Waals surface area contributed by atoms with Gasteiger partial charge in [0.2, 0.25) is 0 Å². The zero-order chi connectivity index (χ0) is 14.4. The molecule has 0 aliphatic heterocycles. The molecule has 0 amide bonds. The van der Waals surface area contributed by atoms with E-state index in [1.165, 1.54) is 7.11 Å². The molecule has 0 saturated carbocycles. The Morgan fingerprint density at radius 3 is 2.79 bits per heavy atom. The molecule has 0 saturated heterocycles. The van der Waals surface area contributed by atoms with E-state index in [1.54, 1.807) is 0 Å². The van der Waals surface area contributed by atoms with E-state index < -0.39 is 5.97 Å². The Morgan fingerprint density at radius 2 is 2.26 bits per heavy atom. The average Bonchev–Trinajstić information content (AvgIpc) is 2.70. The van der Waals surface area contributed by atoms with E-state index in [4.69, 9.17) is 15.7 Å². The smallest absolute Gasteiger partial charge is 0.350 e. The number of nitriles is 1. The zero-order valence-corrected chi connectivity index (χ0v) is 12.0. The molecule has 1 aromatic heterocycles. The number of methoxy groups -OCH3 is 1. The molecule has 0 unspecified atom stereocenters. The fourth-order valence-electron chi connectivity index (χ4n) is 1.38. The van der Waals surface area contributed by atoms with Crippen LogP contribution in [0.5, 0.6) is 0 Å². The lowest BCUT2D eigenvalue weighted by atomic mass is 10.2. The highest BCUT2D eigenvalue weighted by atomic mass is 32.1. The molecule has 0 spiro atoms. The molecule has 0 bridgehead atoms. The van der Waals surface area contributed by atoms with E-state index in [-0.39, 0.29) is 22.2 Å². The van der Waals surface area contributed by atoms with Crippen molar-refractivity contribution in [3.05, 3.63) is 10.4 Å². The number of ether oxygens (including phenoxy) is 2. The molecule has 0 radical (unpaired) electrons. The highest BCUT2D eigenvalue weighted by Gasteiger charge is 2.21. The van der Waals surface area contributed by atoms with Crippen molar-refractivity contribution in [2.45, 2.75) is 20.0 Å². The summed E-state index contributed by atoms with van der Waals surface area (Å²) in [5.74, 6) is -0.537. The number of anilines is 2. The molecular weight excluding hydrogens is 266 g/mol. The second-order valence-corrected chi connectivity index (χ2v) is 5.02. The van der Waals surface area contributed by atoms with Gasteiger partial charge in [0.25, 0.3) is 0 Å². The number of nitrogens with one attached hydrogen (secondary N) is 1. The summed E-state index contributed by atoms with van der Waals surface area (Å²) >= 11 is 1.11. The standard InChI is InChI=1S/C12H17N3O3S/c1-7(2)18-5-4-15-11-8(6-13)9(14)10(19-11)12(16)17-3/h7,15H,4-5,14H2,1-3H3. The Hall–Kier alpha value is -1.78. The maximum Gasteiger partial charge on any atom is 0.350 e. The van der Waals surface area contributed by atoms with Gasteiger partial charge in [-0.25, -0.2) is 4.79 Å². The van der Waals surface area contributed by atoms with Crippen molar-refractivity contribution in [2.75, 3.05) is 31.3 Å². The second-order valence-electron chi connectivity index (χ2n) is 4.00. The highest BCUT2D eigenvalue weighted by molar-refractivity contribution is 7.18. The van der Waals surface area contributed by atoms with Crippen molar-refractivity contribution in [3.63, 3.8) is 0 Å². The van der Waals surface area contributed by atoms with Crippen LogP contribution in [0.15, 0.2) is 0 Å². The molecule has 7 heteroatoms. The molecule has 0 aliphatic carbocycles. The first kappa shape index (κ1) is 15.3. The Kier molecular flexibility index (Phi) is 5.60. The van der Waals surface area contributed by atoms with Crippen LogP contribution in [0.2, 0.25) is 0 Å². The van der Waals surface area contributed by atoms with E-state index in [0.29, 0.717) is 18.2 Å². The SMILES string of the molecule is COC(=O)c1sc(NCCOC(C)C)c(C#N)c1N. The van der Waals surface area contributed by atoms with Crippen LogP contribution in [0, 0.1) is 11.3 Å². The zero-order valence-electron chi connectivity index (χ0n) is 11.1. The topological polar surface area (TPSA) is 97.4 Å². The number of nitrogens with two attached hydrogens (primary N) is 1. The largest absolute Gasteiger partial charge is 0.465 e. The number of hydrogen-bond donors (Lipinski definition) is 2. The lowest BCUT2D eigenvalue weighted by Crippen LogP contribution is -2.13. The predicted octanol–water partition coefficient (Wildman–Crippen LogP) is 1.83. The molecule has 0 aromatic carbocycles. The summed E-state index contributed by atoms with van der Waals surface area (Å²) in [6.07, 6.45) is 0.149. The van der Waals surface area contributed by atoms with Crippen LogP contribution in [0.25, 0.3) is 0 Å². The number of rotatable bonds is 6. The molecule has 1 rings (SSSR count). The van der Waals surface area contributed by atoms with Crippen LogP contribution in [0.3, 0.4) is 0 Å². The van der Waals surface area contributed by atoms with Crippen molar-refractivity contribution >= 4 is 28.0 Å². The third-order valence-corrected chi connectivity index (χ3v) is 3.41. The summed E-state index contributed by atoms with van der Waals surface area (Å²) in [6, 6.07) is 1.99. The van der Waals surface area contributed by atoms with Gasteiger partial charge < -0.3 is 20.5 Å². The van der Waals surface area contributed by atoms with Crippen LogP contribution in [0.1, 0.15) is 29.1 Å². The average molecular weight is 283 g/mol. The van der Waals surface area contributed by atoms with Crippen LogP contribution in [0.4, 0.5) is 10.7 Å². The summed E-state index contributed by atoms with van der Waals surface area (Å²) in [5, 5.41) is 12.7. The number of nitrogens with zero attached hydrogens (tertiary/aromatic N) is 1. The third-order valence-electron chi connectivity index (χ3n) is 2.27. The summed E-state index contributed by atoms with van der Waals surface area (Å²) in [6.45, 7) is 4.93. The summed E-state index contributed by atoms with van der Waals surface area (Å²) in [5.41, 5.74) is 6.19. The fraction of sp³-hybridized carbons (Fsp3) is 0.500. The van der Waals surface area contributed by atoms with E-state index in [9.17, 15) is 4.79 Å². The molecular formula is C12H17N3O3S. The number of esters is 1. The van der Waals surface area contributed by atoms with E-state index in [2.05, 4.69) is 10.1 Å². The lowest BCUT2D eigenvalue weighted by molar-refractivity contribution is 0.0607. The van der Waals surface area contributed by atoms with Crippen molar-refractivity contribution in [1.29, 1.82) is 5.26 Å². The first-order chi connectivity index (χ1) is 9.01. The Labute approximate surface area is 116 Å². The van der Waals surface area contributed by atoms with Crippen molar-refractivity contribution in [1.82, 2.24) is 0 Å². The van der Waals surface area contributed by atoms with Crippen LogP contribution < -0.4 is 11.1 Å². The molecule has 1 aromatic rings. The van der Waals surface area contributed by atoms with Gasteiger partial charge in [-0.3, -0.25) is 0 Å². The van der Waals surface area contributed by atoms with Crippen LogP contribution in [-0.4, -0.2) is 32.3 Å². The third kappa shape index (κ3) is 3.84. The number of hydrogen-bond acceptors (Lipinski definition) is 7. The maximum absolute atomic E-state index is 11.5. The molecule has 19 heavy (non-hydrogen) atoms. The van der Waals surface area contributed by atoms with E-state index >= 15 is 0 Å². The second kappa shape index (κ2) is 6.97. The Balaban J connectivity index is 2.78. The summed E-state index contributed by atoms with van der Waals surface area (Å²) < 4.78 is 10.00. The molecule has 6 nitrogen and oxygen atoms in total. The molecule has 0 aliphatic rings. The van der Waals surface area contributed by atoms with Crippen molar-refractivity contribution in [3.8, 4) is 6.07 Å². The van der Waals surface area contributed by atoms with E-state index in [0.717, 1.165) is 11.3 Å². The summed E-state index contributed by atoms with van der Waals surface area (Å²) in [4.78, 5) is 11.7. The van der Waals surface area contributed by atoms with Crippen molar-refractivity contribution < 1.29 is 14.3 Å². The number of carbonyl (C=O) groups is 1. The maximum atomic E-state index is 11.5. The molecule has 1 heterocycles. The van der Waals surface area contributed by atoms with Crippen LogP contribution >= 0.6 is 11.3 Å². The monoisotopic (exact) mass is 283 g/mol. The molecule has 3 N–H and O–H groups in total. The first-order valence-corrected chi connectivity index (χ1v) is 6.59. The van der Waals surface area contributed by atoms with E-state index in [1.807, 2.05) is 19.9 Å². The van der Waals surface area contributed by atoms with Gasteiger partial charge in [-0.05, 0) is 13.8 Å². The quantitative estimate of drug-likeness (QED) is 0.610.